The van der Waals surface area contributed by atoms with Crippen LogP contribution in [0.3, 0.4) is 0 Å². The number of hydrogen-bond donors (Lipinski definition) is 1. The van der Waals surface area contributed by atoms with Crippen LogP contribution in [0.4, 0.5) is 0 Å². The quantitative estimate of drug-likeness (QED) is 0.890. The molecule has 1 N–H and O–H groups in total. The van der Waals surface area contributed by atoms with Crippen LogP contribution in [0.25, 0.3) is 0 Å². The molecule has 2 nitrogen and oxygen atoms in total. The summed E-state index contributed by atoms with van der Waals surface area (Å²) in [7, 11) is 0. The molecule has 1 saturated carbocycles. The van der Waals surface area contributed by atoms with Crippen molar-refractivity contribution in [1.29, 1.82) is 0 Å². The molecule has 1 heterocycles. The molecule has 2 fully saturated rings. The molecule has 110 valence electrons. The molecule has 0 amide bonds. The number of fused-ring (bicyclic) bond motifs is 1. The molecule has 4 heteroatoms. The lowest BCUT2D eigenvalue weighted by molar-refractivity contribution is 0.0411. The molecular formula is C16H21Cl2NO. The van der Waals surface area contributed by atoms with E-state index in [1.807, 2.05) is 12.1 Å². The minimum Gasteiger partial charge on any atom is -0.378 e. The molecule has 1 saturated heterocycles. The predicted molar refractivity (Wildman–Crippen MR) is 83.7 cm³/mol. The summed E-state index contributed by atoms with van der Waals surface area (Å²) in [4.78, 5) is 0. The molecule has 0 aromatic heterocycles. The molecule has 2 aliphatic rings. The van der Waals surface area contributed by atoms with E-state index in [9.17, 15) is 0 Å². The molecular weight excluding hydrogens is 293 g/mol. The topological polar surface area (TPSA) is 21.3 Å². The smallest absolute Gasteiger partial charge is 0.0595 e. The molecule has 0 bridgehead atoms. The number of ether oxygens (including phenoxy) is 1. The summed E-state index contributed by atoms with van der Waals surface area (Å²) in [5.74, 6) is 1.34. The van der Waals surface area contributed by atoms with Crippen molar-refractivity contribution in [3.05, 3.63) is 33.8 Å². The van der Waals surface area contributed by atoms with E-state index in [2.05, 4.69) is 25.2 Å². The van der Waals surface area contributed by atoms with Crippen LogP contribution >= 0.6 is 23.2 Å². The Morgan fingerprint density at radius 3 is 2.60 bits per heavy atom. The average molecular weight is 314 g/mol. The largest absolute Gasteiger partial charge is 0.378 e. The zero-order valence-corrected chi connectivity index (χ0v) is 13.5. The number of halogens is 2. The summed E-state index contributed by atoms with van der Waals surface area (Å²) >= 11 is 12.3. The average Bonchev–Trinajstić information content (AvgIpc) is 2.82. The highest BCUT2D eigenvalue weighted by molar-refractivity contribution is 6.42. The lowest BCUT2D eigenvalue weighted by atomic mass is 9.91. The first-order valence-corrected chi connectivity index (χ1v) is 8.13. The Morgan fingerprint density at radius 1 is 1.30 bits per heavy atom. The van der Waals surface area contributed by atoms with Gasteiger partial charge in [0.2, 0.25) is 0 Å². The first-order valence-electron chi connectivity index (χ1n) is 7.37. The summed E-state index contributed by atoms with van der Waals surface area (Å²) in [5, 5.41) is 4.73. The van der Waals surface area contributed by atoms with Crippen molar-refractivity contribution in [3.8, 4) is 0 Å². The minimum atomic E-state index is 0.142. The van der Waals surface area contributed by atoms with E-state index in [-0.39, 0.29) is 5.41 Å². The first kappa shape index (κ1) is 14.6. The van der Waals surface area contributed by atoms with Gasteiger partial charge in [-0.15, -0.1) is 0 Å². The standard InChI is InChI=1S/C16H21Cl2NO/c1-3-10(2)20-9-16(12-7-19-8-13(12)16)11-4-5-14(17)15(18)6-11/h4-6,10,12-13,19H,3,7-9H2,1-2H3. The summed E-state index contributed by atoms with van der Waals surface area (Å²) in [6, 6.07) is 6.06. The van der Waals surface area contributed by atoms with Crippen LogP contribution in [0.2, 0.25) is 10.0 Å². The van der Waals surface area contributed by atoms with Gasteiger partial charge < -0.3 is 10.1 Å². The Labute approximate surface area is 130 Å². The Bertz CT molecular complexity index is 495. The van der Waals surface area contributed by atoms with Gasteiger partial charge in [0.15, 0.2) is 0 Å². The fraction of sp³-hybridized carbons (Fsp3) is 0.625. The van der Waals surface area contributed by atoms with E-state index in [4.69, 9.17) is 27.9 Å². The third-order valence-corrected chi connectivity index (χ3v) is 5.81. The maximum Gasteiger partial charge on any atom is 0.0595 e. The van der Waals surface area contributed by atoms with E-state index in [1.54, 1.807) is 0 Å². The lowest BCUT2D eigenvalue weighted by Crippen LogP contribution is -2.31. The summed E-state index contributed by atoms with van der Waals surface area (Å²) < 4.78 is 6.08. The highest BCUT2D eigenvalue weighted by Crippen LogP contribution is 2.62. The van der Waals surface area contributed by atoms with Crippen molar-refractivity contribution in [1.82, 2.24) is 5.32 Å². The molecule has 3 unspecified atom stereocenters. The van der Waals surface area contributed by atoms with Crippen molar-refractivity contribution in [2.24, 2.45) is 11.8 Å². The van der Waals surface area contributed by atoms with Crippen LogP contribution < -0.4 is 5.32 Å². The third-order valence-electron chi connectivity index (χ3n) is 5.07. The number of hydrogen-bond acceptors (Lipinski definition) is 2. The van der Waals surface area contributed by atoms with Gasteiger partial charge in [0.1, 0.15) is 0 Å². The summed E-state index contributed by atoms with van der Waals surface area (Å²) in [5.41, 5.74) is 1.43. The zero-order valence-electron chi connectivity index (χ0n) is 12.0. The first-order chi connectivity index (χ1) is 9.59. The maximum absolute atomic E-state index is 6.21. The Morgan fingerprint density at radius 2 is 2.00 bits per heavy atom. The van der Waals surface area contributed by atoms with Crippen molar-refractivity contribution >= 4 is 23.2 Å². The molecule has 1 aliphatic carbocycles. The number of benzene rings is 1. The van der Waals surface area contributed by atoms with E-state index >= 15 is 0 Å². The van der Waals surface area contributed by atoms with Gasteiger partial charge in [-0.3, -0.25) is 0 Å². The van der Waals surface area contributed by atoms with Crippen LogP contribution in [0, 0.1) is 11.8 Å². The van der Waals surface area contributed by atoms with Gasteiger partial charge in [-0.2, -0.15) is 0 Å². The molecule has 3 atom stereocenters. The van der Waals surface area contributed by atoms with E-state index < -0.39 is 0 Å². The maximum atomic E-state index is 6.21. The van der Waals surface area contributed by atoms with Crippen LogP contribution in [-0.4, -0.2) is 25.8 Å². The normalized spacial score (nSPS) is 33.0. The van der Waals surface area contributed by atoms with Gasteiger partial charge in [-0.1, -0.05) is 36.2 Å². The Balaban J connectivity index is 1.85. The van der Waals surface area contributed by atoms with Crippen LogP contribution in [0.5, 0.6) is 0 Å². The predicted octanol–water partition coefficient (Wildman–Crippen LogP) is 3.90. The molecule has 0 spiro atoms. The van der Waals surface area contributed by atoms with Gasteiger partial charge in [0.25, 0.3) is 0 Å². The number of nitrogens with one attached hydrogen (secondary N) is 1. The SMILES string of the molecule is CCC(C)OCC1(c2ccc(Cl)c(Cl)c2)C2CNCC21. The Kier molecular flexibility index (Phi) is 4.02. The van der Waals surface area contributed by atoms with Crippen molar-refractivity contribution in [2.75, 3.05) is 19.7 Å². The number of rotatable bonds is 5. The zero-order chi connectivity index (χ0) is 14.3. The van der Waals surface area contributed by atoms with Gasteiger partial charge in [-0.25, -0.2) is 0 Å². The summed E-state index contributed by atoms with van der Waals surface area (Å²) in [6.07, 6.45) is 1.36. The third kappa shape index (κ3) is 2.27. The monoisotopic (exact) mass is 313 g/mol. The number of piperidine rings is 1. The lowest BCUT2D eigenvalue weighted by Gasteiger charge is -2.24. The molecule has 1 aromatic carbocycles. The van der Waals surface area contributed by atoms with Crippen LogP contribution in [-0.2, 0) is 10.2 Å². The molecule has 0 radical (unpaired) electrons. The minimum absolute atomic E-state index is 0.142. The second kappa shape index (κ2) is 5.49. The molecule has 20 heavy (non-hydrogen) atoms. The van der Waals surface area contributed by atoms with Gasteiger partial charge in [0.05, 0.1) is 22.8 Å². The second-order valence-electron chi connectivity index (χ2n) is 6.07. The Hall–Kier alpha value is -0.280. The van der Waals surface area contributed by atoms with Crippen molar-refractivity contribution in [3.63, 3.8) is 0 Å². The van der Waals surface area contributed by atoms with Gasteiger partial charge in [0, 0.05) is 5.41 Å². The van der Waals surface area contributed by atoms with Crippen LogP contribution in [0.15, 0.2) is 18.2 Å². The van der Waals surface area contributed by atoms with E-state index in [1.165, 1.54) is 5.56 Å². The fourth-order valence-electron chi connectivity index (χ4n) is 3.56. The molecule has 1 aliphatic heterocycles. The molecule has 1 aromatic rings. The van der Waals surface area contributed by atoms with Crippen molar-refractivity contribution in [2.45, 2.75) is 31.8 Å². The van der Waals surface area contributed by atoms with E-state index in [0.717, 1.165) is 26.1 Å². The van der Waals surface area contributed by atoms with Crippen molar-refractivity contribution < 1.29 is 4.74 Å². The highest BCUT2D eigenvalue weighted by atomic mass is 35.5. The van der Waals surface area contributed by atoms with Crippen LogP contribution in [0.1, 0.15) is 25.8 Å². The van der Waals surface area contributed by atoms with E-state index in [0.29, 0.717) is 28.0 Å². The fourth-order valence-corrected chi connectivity index (χ4v) is 3.85. The second-order valence-corrected chi connectivity index (χ2v) is 6.88. The summed E-state index contributed by atoms with van der Waals surface area (Å²) in [6.45, 7) is 7.24. The molecule has 3 rings (SSSR count). The highest BCUT2D eigenvalue weighted by Gasteiger charge is 2.67. The van der Waals surface area contributed by atoms with Gasteiger partial charge in [-0.05, 0) is 56.0 Å². The van der Waals surface area contributed by atoms with Gasteiger partial charge >= 0.3 is 0 Å².